The van der Waals surface area contributed by atoms with E-state index in [4.69, 9.17) is 9.72 Å². The summed E-state index contributed by atoms with van der Waals surface area (Å²) in [6.07, 6.45) is 1.85. The fourth-order valence-electron chi connectivity index (χ4n) is 3.91. The number of benzene rings is 2. The first kappa shape index (κ1) is 23.2. The number of aromatic nitrogens is 2. The molecule has 1 amide bonds. The Morgan fingerprint density at radius 2 is 1.76 bits per heavy atom. The van der Waals surface area contributed by atoms with Crippen molar-refractivity contribution >= 4 is 23.2 Å². The van der Waals surface area contributed by atoms with Gasteiger partial charge in [0.25, 0.3) is 0 Å². The van der Waals surface area contributed by atoms with E-state index < -0.39 is 5.97 Å². The Kier molecular flexibility index (Phi) is 6.50. The summed E-state index contributed by atoms with van der Waals surface area (Å²) in [5.41, 5.74) is 7.77. The zero-order chi connectivity index (χ0) is 24.4. The van der Waals surface area contributed by atoms with Crippen LogP contribution in [0, 0.1) is 20.8 Å². The molecular formula is C28H29N3O3. The molecule has 0 fully saturated rings. The monoisotopic (exact) mass is 455 g/mol. The number of rotatable bonds is 6. The van der Waals surface area contributed by atoms with Gasteiger partial charge < -0.3 is 14.5 Å². The Morgan fingerprint density at radius 3 is 2.50 bits per heavy atom. The summed E-state index contributed by atoms with van der Waals surface area (Å²) in [5, 5.41) is 2.92. The second-order valence-electron chi connectivity index (χ2n) is 8.85. The van der Waals surface area contributed by atoms with Gasteiger partial charge in [-0.3, -0.25) is 4.79 Å². The Morgan fingerprint density at radius 1 is 0.971 bits per heavy atom. The summed E-state index contributed by atoms with van der Waals surface area (Å²) >= 11 is 0. The van der Waals surface area contributed by atoms with Crippen LogP contribution < -0.4 is 5.32 Å². The van der Waals surface area contributed by atoms with Gasteiger partial charge >= 0.3 is 5.97 Å². The summed E-state index contributed by atoms with van der Waals surface area (Å²) in [6, 6.07) is 17.0. The lowest BCUT2D eigenvalue weighted by Crippen LogP contribution is -2.17. The van der Waals surface area contributed by atoms with Crippen molar-refractivity contribution in [1.29, 1.82) is 0 Å². The number of nitrogens with zero attached hydrogens (tertiary/aromatic N) is 2. The quantitative estimate of drug-likeness (QED) is 0.380. The van der Waals surface area contributed by atoms with Gasteiger partial charge in [-0.2, -0.15) is 0 Å². The van der Waals surface area contributed by atoms with Crippen LogP contribution in [-0.2, 0) is 16.0 Å². The molecule has 0 atom stereocenters. The maximum absolute atomic E-state index is 13.1. The number of aryl methyl sites for hydroxylation is 3. The third-order valence-corrected chi connectivity index (χ3v) is 5.78. The van der Waals surface area contributed by atoms with Gasteiger partial charge in [0, 0.05) is 17.4 Å². The maximum Gasteiger partial charge on any atom is 0.338 e. The third-order valence-electron chi connectivity index (χ3n) is 5.78. The highest BCUT2D eigenvalue weighted by Crippen LogP contribution is 2.28. The molecule has 2 heterocycles. The molecule has 0 aliphatic carbocycles. The van der Waals surface area contributed by atoms with E-state index in [0.29, 0.717) is 11.3 Å². The lowest BCUT2D eigenvalue weighted by atomic mass is 10.0. The van der Waals surface area contributed by atoms with E-state index in [9.17, 15) is 9.59 Å². The second kappa shape index (κ2) is 9.51. The fourth-order valence-corrected chi connectivity index (χ4v) is 3.91. The molecule has 6 nitrogen and oxygen atoms in total. The van der Waals surface area contributed by atoms with Crippen LogP contribution in [0.2, 0.25) is 0 Å². The van der Waals surface area contributed by atoms with Crippen molar-refractivity contribution < 1.29 is 14.3 Å². The summed E-state index contributed by atoms with van der Waals surface area (Å²) in [4.78, 5) is 30.2. The molecule has 0 unspecified atom stereocenters. The first-order valence-corrected chi connectivity index (χ1v) is 11.4. The van der Waals surface area contributed by atoms with Crippen LogP contribution in [0.3, 0.4) is 0 Å². The van der Waals surface area contributed by atoms with Crippen molar-refractivity contribution in [3.63, 3.8) is 0 Å². The molecule has 0 saturated carbocycles. The minimum absolute atomic E-state index is 0.132. The molecule has 174 valence electrons. The number of esters is 1. The summed E-state index contributed by atoms with van der Waals surface area (Å²) in [5.74, 6) is -0.608. The summed E-state index contributed by atoms with van der Waals surface area (Å²) in [6.45, 7) is 9.76. The largest absolute Gasteiger partial charge is 0.459 e. The van der Waals surface area contributed by atoms with Gasteiger partial charge in [-0.1, -0.05) is 24.3 Å². The highest BCUT2D eigenvalue weighted by molar-refractivity contribution is 5.96. The Hall–Kier alpha value is -3.93. The number of ether oxygens (including phenoxy) is 1. The lowest BCUT2D eigenvalue weighted by Gasteiger charge is -2.11. The van der Waals surface area contributed by atoms with E-state index in [1.807, 2.05) is 35.7 Å². The number of carbonyl (C=O) groups excluding carboxylic acids is 2. The molecule has 0 radical (unpaired) electrons. The molecule has 0 aliphatic heterocycles. The van der Waals surface area contributed by atoms with Gasteiger partial charge in [0.05, 0.1) is 29.5 Å². The fraction of sp³-hybridized carbons (Fsp3) is 0.250. The van der Waals surface area contributed by atoms with Gasteiger partial charge in [0.15, 0.2) is 0 Å². The van der Waals surface area contributed by atoms with Crippen molar-refractivity contribution in [2.75, 3.05) is 5.32 Å². The zero-order valence-electron chi connectivity index (χ0n) is 20.2. The summed E-state index contributed by atoms with van der Waals surface area (Å²) < 4.78 is 7.24. The predicted octanol–water partition coefficient (Wildman–Crippen LogP) is 5.67. The van der Waals surface area contributed by atoms with Crippen LogP contribution in [0.5, 0.6) is 0 Å². The van der Waals surface area contributed by atoms with Crippen molar-refractivity contribution in [2.24, 2.45) is 0 Å². The van der Waals surface area contributed by atoms with Crippen molar-refractivity contribution in [3.8, 4) is 11.3 Å². The van der Waals surface area contributed by atoms with Crippen LogP contribution in [0.4, 0.5) is 5.69 Å². The van der Waals surface area contributed by atoms with Gasteiger partial charge in [-0.05, 0) is 81.6 Å². The SMILES string of the molecule is Cc1ccc(-c2nc3c(C)cccn3c2CC(=O)Nc2cccc(C(=O)OC(C)C)c2)cc1C. The average molecular weight is 456 g/mol. The van der Waals surface area contributed by atoms with Crippen LogP contribution in [0.15, 0.2) is 60.8 Å². The number of fused-ring (bicyclic) bond motifs is 1. The number of carbonyl (C=O) groups is 2. The van der Waals surface area contributed by atoms with Gasteiger partial charge in [0.2, 0.25) is 5.91 Å². The summed E-state index contributed by atoms with van der Waals surface area (Å²) in [7, 11) is 0. The van der Waals surface area contributed by atoms with E-state index in [-0.39, 0.29) is 18.4 Å². The molecular weight excluding hydrogens is 426 g/mol. The minimum atomic E-state index is -0.416. The van der Waals surface area contributed by atoms with Crippen molar-refractivity contribution in [1.82, 2.24) is 9.38 Å². The Balaban J connectivity index is 1.65. The van der Waals surface area contributed by atoms with Crippen LogP contribution in [0.1, 0.15) is 46.6 Å². The second-order valence-corrected chi connectivity index (χ2v) is 8.85. The average Bonchev–Trinajstić information content (AvgIpc) is 3.15. The maximum atomic E-state index is 13.1. The highest BCUT2D eigenvalue weighted by atomic mass is 16.5. The topological polar surface area (TPSA) is 72.7 Å². The van der Waals surface area contributed by atoms with E-state index in [0.717, 1.165) is 28.2 Å². The van der Waals surface area contributed by atoms with E-state index >= 15 is 0 Å². The number of anilines is 1. The molecule has 34 heavy (non-hydrogen) atoms. The molecule has 2 aromatic heterocycles. The van der Waals surface area contributed by atoms with E-state index in [1.165, 1.54) is 11.1 Å². The first-order valence-electron chi connectivity index (χ1n) is 11.4. The van der Waals surface area contributed by atoms with Gasteiger partial charge in [0.1, 0.15) is 5.65 Å². The minimum Gasteiger partial charge on any atom is -0.459 e. The van der Waals surface area contributed by atoms with Crippen LogP contribution >= 0.6 is 0 Å². The standard InChI is InChI=1S/C28H29N3O3/c1-17(2)34-28(33)22-9-6-10-23(15-22)29-25(32)16-24-26(21-12-11-18(3)20(5)14-21)30-27-19(4)8-7-13-31(24)27/h6-15,17H,16H2,1-5H3,(H,29,32). The Bertz CT molecular complexity index is 1390. The van der Waals surface area contributed by atoms with Crippen molar-refractivity contribution in [2.45, 2.75) is 47.1 Å². The van der Waals surface area contributed by atoms with Crippen LogP contribution in [0.25, 0.3) is 16.9 Å². The van der Waals surface area contributed by atoms with Crippen molar-refractivity contribution in [3.05, 3.63) is 88.7 Å². The van der Waals surface area contributed by atoms with E-state index in [1.54, 1.807) is 38.1 Å². The van der Waals surface area contributed by atoms with Crippen LogP contribution in [-0.4, -0.2) is 27.4 Å². The van der Waals surface area contributed by atoms with Gasteiger partial charge in [-0.25, -0.2) is 9.78 Å². The number of amides is 1. The number of nitrogens with one attached hydrogen (secondary N) is 1. The highest BCUT2D eigenvalue weighted by Gasteiger charge is 2.19. The molecule has 1 N–H and O–H groups in total. The smallest absolute Gasteiger partial charge is 0.338 e. The van der Waals surface area contributed by atoms with Gasteiger partial charge in [-0.15, -0.1) is 0 Å². The lowest BCUT2D eigenvalue weighted by molar-refractivity contribution is -0.115. The zero-order valence-corrected chi connectivity index (χ0v) is 20.2. The molecule has 2 aromatic carbocycles. The molecule has 0 spiro atoms. The molecule has 0 saturated heterocycles. The van der Waals surface area contributed by atoms with E-state index in [2.05, 4.69) is 31.3 Å². The number of hydrogen-bond acceptors (Lipinski definition) is 4. The number of hydrogen-bond donors (Lipinski definition) is 1. The molecule has 6 heteroatoms. The molecule has 0 bridgehead atoms. The number of imidazole rings is 1. The normalized spacial score (nSPS) is 11.1. The Labute approximate surface area is 199 Å². The predicted molar refractivity (Wildman–Crippen MR) is 134 cm³/mol. The molecule has 4 aromatic rings. The third kappa shape index (κ3) is 4.86. The number of pyridine rings is 1. The first-order chi connectivity index (χ1) is 16.2. The molecule has 0 aliphatic rings. The molecule has 4 rings (SSSR count).